The van der Waals surface area contributed by atoms with Gasteiger partial charge in [0.25, 0.3) is 5.91 Å². The normalized spacial score (nSPS) is 9.37. The first-order valence-electron chi connectivity index (χ1n) is 5.38. The average molecular weight is 266 g/mol. The third-order valence-electron chi connectivity index (χ3n) is 2.18. The van der Waals surface area contributed by atoms with Crippen LogP contribution in [-0.2, 0) is 4.79 Å². The number of imide groups is 1. The number of benzene rings is 1. The Morgan fingerprint density at radius 1 is 1.37 bits per heavy atom. The van der Waals surface area contributed by atoms with Crippen molar-refractivity contribution >= 4 is 18.2 Å². The van der Waals surface area contributed by atoms with E-state index < -0.39 is 11.9 Å². The first-order valence-corrected chi connectivity index (χ1v) is 5.38. The number of aldehydes is 1. The molecule has 0 unspecified atom stereocenters. The van der Waals surface area contributed by atoms with Crippen molar-refractivity contribution in [1.82, 2.24) is 10.6 Å². The second-order valence-electron chi connectivity index (χ2n) is 3.44. The average Bonchev–Trinajstić information content (AvgIpc) is 2.44. The maximum Gasteiger partial charge on any atom is 0.321 e. The molecule has 0 heterocycles. The second kappa shape index (κ2) is 7.00. The molecule has 0 saturated carbocycles. The first-order chi connectivity index (χ1) is 9.10. The number of urea groups is 1. The zero-order valence-electron chi connectivity index (χ0n) is 10.6. The highest BCUT2D eigenvalue weighted by Gasteiger charge is 2.09. The topological polar surface area (TPSA) is 93.7 Å². The van der Waals surface area contributed by atoms with Crippen LogP contribution in [-0.4, -0.2) is 39.0 Å². The van der Waals surface area contributed by atoms with Crippen LogP contribution >= 0.6 is 0 Å². The van der Waals surface area contributed by atoms with Gasteiger partial charge in [-0.2, -0.15) is 0 Å². The first kappa shape index (κ1) is 14.5. The van der Waals surface area contributed by atoms with Gasteiger partial charge in [-0.05, 0) is 18.2 Å². The van der Waals surface area contributed by atoms with Crippen molar-refractivity contribution in [3.63, 3.8) is 0 Å². The summed E-state index contributed by atoms with van der Waals surface area (Å²) in [7, 11) is 2.86. The molecule has 0 spiro atoms. The van der Waals surface area contributed by atoms with Gasteiger partial charge in [0.15, 0.2) is 12.9 Å². The van der Waals surface area contributed by atoms with E-state index in [0.717, 1.165) is 0 Å². The molecule has 2 N–H and O–H groups in total. The molecule has 102 valence electrons. The summed E-state index contributed by atoms with van der Waals surface area (Å²) in [5.74, 6) is 0.124. The molecule has 1 aromatic carbocycles. The molecule has 0 fully saturated rings. The predicted octanol–water partition coefficient (Wildman–Crippen LogP) is 0.342. The number of rotatable bonds is 5. The summed E-state index contributed by atoms with van der Waals surface area (Å²) < 4.78 is 10.1. The van der Waals surface area contributed by atoms with E-state index in [1.165, 1.54) is 26.3 Å². The Morgan fingerprint density at radius 3 is 2.68 bits per heavy atom. The number of hydrogen-bond acceptors (Lipinski definition) is 5. The number of amides is 3. The smallest absolute Gasteiger partial charge is 0.321 e. The molecule has 0 radical (unpaired) electrons. The summed E-state index contributed by atoms with van der Waals surface area (Å²) in [5.41, 5.74) is 0.257. The van der Waals surface area contributed by atoms with E-state index in [9.17, 15) is 14.4 Å². The van der Waals surface area contributed by atoms with Crippen LogP contribution < -0.4 is 20.1 Å². The van der Waals surface area contributed by atoms with Crippen molar-refractivity contribution < 1.29 is 23.9 Å². The highest BCUT2D eigenvalue weighted by Crippen LogP contribution is 2.22. The molecule has 0 aliphatic carbocycles. The van der Waals surface area contributed by atoms with Crippen molar-refractivity contribution in [3.05, 3.63) is 23.8 Å². The standard InChI is InChI=1S/C12H14N2O5/c1-13-12(17)14-11(16)7-19-10-4-3-9(18-2)5-8(10)6-15/h3-6H,7H2,1-2H3,(H2,13,14,16,17). The lowest BCUT2D eigenvalue weighted by atomic mass is 10.2. The van der Waals surface area contributed by atoms with Gasteiger partial charge < -0.3 is 14.8 Å². The largest absolute Gasteiger partial charge is 0.497 e. The molecule has 0 aliphatic rings. The third-order valence-corrected chi connectivity index (χ3v) is 2.18. The maximum atomic E-state index is 11.3. The Morgan fingerprint density at radius 2 is 2.11 bits per heavy atom. The van der Waals surface area contributed by atoms with Gasteiger partial charge in [-0.15, -0.1) is 0 Å². The van der Waals surface area contributed by atoms with Gasteiger partial charge in [0.1, 0.15) is 11.5 Å². The quantitative estimate of drug-likeness (QED) is 0.750. The molecule has 7 heteroatoms. The van der Waals surface area contributed by atoms with E-state index in [1.807, 2.05) is 5.32 Å². The van der Waals surface area contributed by atoms with Gasteiger partial charge in [0, 0.05) is 7.05 Å². The molecule has 0 bridgehead atoms. The van der Waals surface area contributed by atoms with E-state index in [1.54, 1.807) is 6.07 Å². The number of ether oxygens (including phenoxy) is 2. The summed E-state index contributed by atoms with van der Waals surface area (Å²) in [6, 6.07) is 3.97. The van der Waals surface area contributed by atoms with Crippen LogP contribution in [0.5, 0.6) is 11.5 Å². The molecular weight excluding hydrogens is 252 g/mol. The van der Waals surface area contributed by atoms with Crippen LogP contribution in [0.15, 0.2) is 18.2 Å². The Kier molecular flexibility index (Phi) is 5.34. The second-order valence-corrected chi connectivity index (χ2v) is 3.44. The van der Waals surface area contributed by atoms with E-state index in [0.29, 0.717) is 12.0 Å². The van der Waals surface area contributed by atoms with Crippen LogP contribution in [0.2, 0.25) is 0 Å². The molecule has 0 aliphatic heterocycles. The van der Waals surface area contributed by atoms with Crippen molar-refractivity contribution in [3.8, 4) is 11.5 Å². The molecule has 1 aromatic rings. The SMILES string of the molecule is CNC(=O)NC(=O)COc1ccc(OC)cc1C=O. The van der Waals surface area contributed by atoms with Crippen LogP contribution in [0, 0.1) is 0 Å². The lowest BCUT2D eigenvalue weighted by Crippen LogP contribution is -2.40. The van der Waals surface area contributed by atoms with Crippen LogP contribution in [0.1, 0.15) is 10.4 Å². The molecule has 19 heavy (non-hydrogen) atoms. The minimum absolute atomic E-state index is 0.239. The summed E-state index contributed by atoms with van der Waals surface area (Å²) >= 11 is 0. The number of carbonyl (C=O) groups is 3. The monoisotopic (exact) mass is 266 g/mol. The Bertz CT molecular complexity index is 487. The Hall–Kier alpha value is -2.57. The molecule has 7 nitrogen and oxygen atoms in total. The third kappa shape index (κ3) is 4.30. The van der Waals surface area contributed by atoms with Gasteiger partial charge >= 0.3 is 6.03 Å². The van der Waals surface area contributed by atoms with Crippen molar-refractivity contribution in [2.24, 2.45) is 0 Å². The van der Waals surface area contributed by atoms with Gasteiger partial charge in [-0.1, -0.05) is 0 Å². The van der Waals surface area contributed by atoms with Crippen LogP contribution in [0.25, 0.3) is 0 Å². The van der Waals surface area contributed by atoms with Gasteiger partial charge in [-0.25, -0.2) is 4.79 Å². The summed E-state index contributed by atoms with van der Waals surface area (Å²) in [6.07, 6.45) is 0.592. The van der Waals surface area contributed by atoms with E-state index in [-0.39, 0.29) is 17.9 Å². The minimum Gasteiger partial charge on any atom is -0.497 e. The number of methoxy groups -OCH3 is 1. The van der Waals surface area contributed by atoms with E-state index in [4.69, 9.17) is 9.47 Å². The van der Waals surface area contributed by atoms with Gasteiger partial charge in [-0.3, -0.25) is 14.9 Å². The van der Waals surface area contributed by atoms with Gasteiger partial charge in [0.2, 0.25) is 0 Å². The fourth-order valence-electron chi connectivity index (χ4n) is 1.25. The zero-order valence-corrected chi connectivity index (χ0v) is 10.6. The summed E-state index contributed by atoms with van der Waals surface area (Å²) in [4.78, 5) is 33.0. The van der Waals surface area contributed by atoms with E-state index >= 15 is 0 Å². The Balaban J connectivity index is 2.64. The fraction of sp³-hybridized carbons (Fsp3) is 0.250. The molecule has 1 rings (SSSR count). The molecular formula is C12H14N2O5. The number of carbonyl (C=O) groups excluding carboxylic acids is 3. The van der Waals surface area contributed by atoms with Crippen LogP contribution in [0.3, 0.4) is 0 Å². The minimum atomic E-state index is -0.626. The predicted molar refractivity (Wildman–Crippen MR) is 66.5 cm³/mol. The fourth-order valence-corrected chi connectivity index (χ4v) is 1.25. The molecule has 0 saturated heterocycles. The molecule has 0 aromatic heterocycles. The summed E-state index contributed by atoms with van der Waals surface area (Å²) in [6.45, 7) is -0.374. The van der Waals surface area contributed by atoms with Crippen molar-refractivity contribution in [2.45, 2.75) is 0 Å². The van der Waals surface area contributed by atoms with Gasteiger partial charge in [0.05, 0.1) is 12.7 Å². The Labute approximate surface area is 109 Å². The highest BCUT2D eigenvalue weighted by atomic mass is 16.5. The zero-order chi connectivity index (χ0) is 14.3. The van der Waals surface area contributed by atoms with Crippen molar-refractivity contribution in [1.29, 1.82) is 0 Å². The lowest BCUT2D eigenvalue weighted by Gasteiger charge is -2.09. The van der Waals surface area contributed by atoms with E-state index in [2.05, 4.69) is 5.32 Å². The molecule has 0 atom stereocenters. The maximum absolute atomic E-state index is 11.3. The summed E-state index contributed by atoms with van der Waals surface area (Å²) in [5, 5.41) is 4.27. The number of hydrogen-bond donors (Lipinski definition) is 2. The number of nitrogens with one attached hydrogen (secondary N) is 2. The van der Waals surface area contributed by atoms with Crippen LogP contribution in [0.4, 0.5) is 4.79 Å². The highest BCUT2D eigenvalue weighted by molar-refractivity contribution is 5.95. The van der Waals surface area contributed by atoms with Crippen molar-refractivity contribution in [2.75, 3.05) is 20.8 Å². The lowest BCUT2D eigenvalue weighted by molar-refractivity contribution is -0.122. The molecule has 3 amide bonds.